The first-order valence-corrected chi connectivity index (χ1v) is 8.49. The Morgan fingerprint density at radius 3 is 2.35 bits per heavy atom. The van der Waals surface area contributed by atoms with Gasteiger partial charge in [-0.1, -0.05) is 13.8 Å². The third-order valence-electron chi connectivity index (χ3n) is 5.16. The monoisotopic (exact) mass is 282 g/mol. The van der Waals surface area contributed by atoms with Crippen molar-refractivity contribution >= 4 is 0 Å². The fraction of sp³-hybridized carbons (Fsp3) is 1.00. The maximum absolute atomic E-state index is 3.46. The van der Waals surface area contributed by atoms with Crippen LogP contribution in [0, 0.1) is 0 Å². The number of hydrogen-bond donors (Lipinski definition) is 1. The third kappa shape index (κ3) is 3.94. The molecule has 0 aromatic heterocycles. The van der Waals surface area contributed by atoms with Gasteiger partial charge < -0.3 is 5.32 Å². The van der Waals surface area contributed by atoms with Gasteiger partial charge in [0.05, 0.1) is 0 Å². The number of rotatable bonds is 6. The third-order valence-corrected chi connectivity index (χ3v) is 5.16. The zero-order valence-corrected chi connectivity index (χ0v) is 14.0. The van der Waals surface area contributed by atoms with E-state index >= 15 is 0 Å². The summed E-state index contributed by atoms with van der Waals surface area (Å²) in [4.78, 5) is 7.97. The number of piperazine rings is 1. The van der Waals surface area contributed by atoms with E-state index < -0.39 is 0 Å². The highest BCUT2D eigenvalue weighted by Gasteiger charge is 2.33. The zero-order chi connectivity index (χ0) is 14.6. The van der Waals surface area contributed by atoms with E-state index in [2.05, 4.69) is 47.7 Å². The Labute approximate surface area is 125 Å². The molecule has 2 saturated heterocycles. The molecule has 0 spiro atoms. The van der Waals surface area contributed by atoms with Crippen molar-refractivity contribution in [2.45, 2.75) is 45.7 Å². The van der Waals surface area contributed by atoms with E-state index in [9.17, 15) is 0 Å². The van der Waals surface area contributed by atoms with E-state index in [4.69, 9.17) is 0 Å². The highest BCUT2D eigenvalue weighted by Crippen LogP contribution is 2.22. The average Bonchev–Trinajstić information content (AvgIpc) is 2.89. The smallest absolute Gasteiger partial charge is 0.0281 e. The van der Waals surface area contributed by atoms with Crippen LogP contribution in [0.3, 0.4) is 0 Å². The van der Waals surface area contributed by atoms with Gasteiger partial charge >= 0.3 is 0 Å². The van der Waals surface area contributed by atoms with Crippen LogP contribution < -0.4 is 5.32 Å². The summed E-state index contributed by atoms with van der Waals surface area (Å²) >= 11 is 0. The SMILES string of the molecule is CCN(CC)C1CCN(CC(C)(C)N2CCNCC2)C1. The predicted molar refractivity (Wildman–Crippen MR) is 86.3 cm³/mol. The van der Waals surface area contributed by atoms with Gasteiger partial charge in [0.25, 0.3) is 0 Å². The molecule has 2 aliphatic rings. The summed E-state index contributed by atoms with van der Waals surface area (Å²) < 4.78 is 0. The minimum Gasteiger partial charge on any atom is -0.314 e. The highest BCUT2D eigenvalue weighted by molar-refractivity contribution is 4.91. The molecule has 4 heteroatoms. The number of hydrogen-bond acceptors (Lipinski definition) is 4. The first-order chi connectivity index (χ1) is 9.56. The first-order valence-electron chi connectivity index (χ1n) is 8.49. The summed E-state index contributed by atoms with van der Waals surface area (Å²) in [6, 6.07) is 0.781. The van der Waals surface area contributed by atoms with Gasteiger partial charge in [-0.25, -0.2) is 0 Å². The molecule has 2 aliphatic heterocycles. The summed E-state index contributed by atoms with van der Waals surface area (Å²) in [7, 11) is 0. The second-order valence-electron chi connectivity index (χ2n) is 6.95. The molecule has 0 amide bonds. The molecule has 0 saturated carbocycles. The largest absolute Gasteiger partial charge is 0.314 e. The van der Waals surface area contributed by atoms with Crippen LogP contribution in [0.1, 0.15) is 34.1 Å². The molecule has 0 aliphatic carbocycles. The second-order valence-corrected chi connectivity index (χ2v) is 6.95. The van der Waals surface area contributed by atoms with Gasteiger partial charge in [-0.3, -0.25) is 14.7 Å². The Balaban J connectivity index is 1.84. The van der Waals surface area contributed by atoms with E-state index in [1.165, 1.54) is 52.2 Å². The van der Waals surface area contributed by atoms with Gasteiger partial charge in [-0.05, 0) is 39.9 Å². The summed E-state index contributed by atoms with van der Waals surface area (Å²) in [6.45, 7) is 20.2. The number of likely N-dealkylation sites (tertiary alicyclic amines) is 1. The molecule has 2 heterocycles. The first kappa shape index (κ1) is 16.2. The van der Waals surface area contributed by atoms with Crippen LogP contribution in [0.2, 0.25) is 0 Å². The van der Waals surface area contributed by atoms with Gasteiger partial charge in [0.1, 0.15) is 0 Å². The standard InChI is InChI=1S/C16H34N4/c1-5-19(6-2)15-7-10-18(13-15)14-16(3,4)20-11-8-17-9-12-20/h15,17H,5-14H2,1-4H3. The van der Waals surface area contributed by atoms with Crippen molar-refractivity contribution in [1.82, 2.24) is 20.0 Å². The molecule has 1 N–H and O–H groups in total. The fourth-order valence-electron chi connectivity index (χ4n) is 3.91. The Morgan fingerprint density at radius 2 is 1.75 bits per heavy atom. The van der Waals surface area contributed by atoms with Gasteiger partial charge in [-0.2, -0.15) is 0 Å². The molecule has 20 heavy (non-hydrogen) atoms. The quantitative estimate of drug-likeness (QED) is 0.787. The van der Waals surface area contributed by atoms with Crippen molar-refractivity contribution < 1.29 is 0 Å². The molecule has 2 fully saturated rings. The van der Waals surface area contributed by atoms with Crippen LogP contribution >= 0.6 is 0 Å². The van der Waals surface area contributed by atoms with E-state index in [0.717, 1.165) is 19.1 Å². The summed E-state index contributed by atoms with van der Waals surface area (Å²) in [6.07, 6.45) is 1.35. The molecule has 0 radical (unpaired) electrons. The normalized spacial score (nSPS) is 26.6. The van der Waals surface area contributed by atoms with Crippen LogP contribution in [0.15, 0.2) is 0 Å². The number of likely N-dealkylation sites (N-methyl/N-ethyl adjacent to an activating group) is 1. The lowest BCUT2D eigenvalue weighted by atomic mass is 10.0. The Hall–Kier alpha value is -0.160. The second kappa shape index (κ2) is 7.21. The van der Waals surface area contributed by atoms with Crippen molar-refractivity contribution in [3.63, 3.8) is 0 Å². The van der Waals surface area contributed by atoms with E-state index in [-0.39, 0.29) is 0 Å². The van der Waals surface area contributed by atoms with Crippen LogP contribution in [-0.4, -0.2) is 85.2 Å². The van der Waals surface area contributed by atoms with Gasteiger partial charge in [0.2, 0.25) is 0 Å². The summed E-state index contributed by atoms with van der Waals surface area (Å²) in [5, 5.41) is 3.46. The van der Waals surface area contributed by atoms with Gasteiger partial charge in [0.15, 0.2) is 0 Å². The minimum absolute atomic E-state index is 0.306. The zero-order valence-electron chi connectivity index (χ0n) is 14.0. The molecule has 4 nitrogen and oxygen atoms in total. The van der Waals surface area contributed by atoms with Gasteiger partial charge in [-0.15, -0.1) is 0 Å². The lowest BCUT2D eigenvalue weighted by Crippen LogP contribution is -2.57. The molecule has 0 aromatic rings. The van der Waals surface area contributed by atoms with Crippen LogP contribution in [0.4, 0.5) is 0 Å². The lowest BCUT2D eigenvalue weighted by molar-refractivity contribution is 0.0680. The Bertz CT molecular complexity index is 282. The minimum atomic E-state index is 0.306. The van der Waals surface area contributed by atoms with Crippen molar-refractivity contribution in [1.29, 1.82) is 0 Å². The Kier molecular flexibility index (Phi) is 5.84. The molecule has 1 atom stereocenters. The van der Waals surface area contributed by atoms with Crippen LogP contribution in [0.25, 0.3) is 0 Å². The van der Waals surface area contributed by atoms with Crippen molar-refractivity contribution in [3.8, 4) is 0 Å². The summed E-state index contributed by atoms with van der Waals surface area (Å²) in [5.74, 6) is 0. The average molecular weight is 282 g/mol. The van der Waals surface area contributed by atoms with E-state index in [1.807, 2.05) is 0 Å². The van der Waals surface area contributed by atoms with Crippen molar-refractivity contribution in [3.05, 3.63) is 0 Å². The van der Waals surface area contributed by atoms with Crippen molar-refractivity contribution in [2.24, 2.45) is 0 Å². The van der Waals surface area contributed by atoms with E-state index in [0.29, 0.717) is 5.54 Å². The van der Waals surface area contributed by atoms with Crippen LogP contribution in [0.5, 0.6) is 0 Å². The maximum Gasteiger partial charge on any atom is 0.0281 e. The lowest BCUT2D eigenvalue weighted by Gasteiger charge is -2.43. The molecule has 118 valence electrons. The molecule has 1 unspecified atom stereocenters. The number of nitrogens with zero attached hydrogens (tertiary/aromatic N) is 3. The molecular weight excluding hydrogens is 248 g/mol. The molecular formula is C16H34N4. The van der Waals surface area contributed by atoms with E-state index in [1.54, 1.807) is 0 Å². The molecule has 0 aromatic carbocycles. The topological polar surface area (TPSA) is 21.8 Å². The maximum atomic E-state index is 3.46. The predicted octanol–water partition coefficient (Wildman–Crippen LogP) is 1.09. The van der Waals surface area contributed by atoms with Gasteiger partial charge in [0, 0.05) is 50.8 Å². The van der Waals surface area contributed by atoms with Crippen molar-refractivity contribution in [2.75, 3.05) is 58.9 Å². The Morgan fingerprint density at radius 1 is 1.10 bits per heavy atom. The van der Waals surface area contributed by atoms with Crippen LogP contribution in [-0.2, 0) is 0 Å². The highest BCUT2D eigenvalue weighted by atomic mass is 15.3. The molecule has 2 rings (SSSR count). The summed E-state index contributed by atoms with van der Waals surface area (Å²) in [5.41, 5.74) is 0.306. The fourth-order valence-corrected chi connectivity index (χ4v) is 3.91. The molecule has 0 bridgehead atoms. The number of nitrogens with one attached hydrogen (secondary N) is 1.